The summed E-state index contributed by atoms with van der Waals surface area (Å²) in [5.74, 6) is 0.866. The summed E-state index contributed by atoms with van der Waals surface area (Å²) in [6, 6.07) is 5.94. The van der Waals surface area contributed by atoms with E-state index in [0.717, 1.165) is 44.0 Å². The summed E-state index contributed by atoms with van der Waals surface area (Å²) < 4.78 is 5.89. The maximum atomic E-state index is 12.5. The van der Waals surface area contributed by atoms with Gasteiger partial charge in [-0.25, -0.2) is 0 Å². The van der Waals surface area contributed by atoms with Crippen LogP contribution in [0.4, 0.5) is 0 Å². The predicted octanol–water partition coefficient (Wildman–Crippen LogP) is 2.40. The van der Waals surface area contributed by atoms with Crippen LogP contribution in [0.2, 0.25) is 0 Å². The first-order valence-electron chi connectivity index (χ1n) is 7.88. The highest BCUT2D eigenvalue weighted by Gasteiger charge is 2.25. The van der Waals surface area contributed by atoms with Crippen molar-refractivity contribution in [1.82, 2.24) is 9.80 Å². The van der Waals surface area contributed by atoms with E-state index in [1.165, 1.54) is 5.56 Å². The lowest BCUT2D eigenvalue weighted by Crippen LogP contribution is -2.51. The minimum atomic E-state index is -0.452. The van der Waals surface area contributed by atoms with E-state index in [1.54, 1.807) is 0 Å². The van der Waals surface area contributed by atoms with E-state index >= 15 is 0 Å². The van der Waals surface area contributed by atoms with Crippen LogP contribution in [0.15, 0.2) is 30.9 Å². The Kier molecular flexibility index (Phi) is 5.61. The molecule has 1 aliphatic heterocycles. The summed E-state index contributed by atoms with van der Waals surface area (Å²) in [6.07, 6.45) is 1.45. The smallest absolute Gasteiger partial charge is 0.263 e. The minimum Gasteiger partial charge on any atom is -0.481 e. The molecule has 1 aromatic rings. The summed E-state index contributed by atoms with van der Waals surface area (Å²) in [5.41, 5.74) is 2.27. The SMILES string of the molecule is C=CCN1CCN(C(=O)[C@H](C)Oc2cccc(C)c2C)CC1. The Morgan fingerprint density at radius 3 is 2.64 bits per heavy atom. The lowest BCUT2D eigenvalue weighted by atomic mass is 10.1. The van der Waals surface area contributed by atoms with E-state index in [1.807, 2.05) is 49.9 Å². The fourth-order valence-corrected chi connectivity index (χ4v) is 2.68. The Hall–Kier alpha value is -1.81. The van der Waals surface area contributed by atoms with Gasteiger partial charge in [-0.3, -0.25) is 9.69 Å². The first-order valence-corrected chi connectivity index (χ1v) is 7.88. The summed E-state index contributed by atoms with van der Waals surface area (Å²) in [6.45, 7) is 13.9. The van der Waals surface area contributed by atoms with Crippen molar-refractivity contribution in [2.24, 2.45) is 0 Å². The van der Waals surface area contributed by atoms with E-state index in [9.17, 15) is 4.79 Å². The van der Waals surface area contributed by atoms with Gasteiger partial charge >= 0.3 is 0 Å². The Bertz CT molecular complexity index is 534. The van der Waals surface area contributed by atoms with Crippen LogP contribution in [0.1, 0.15) is 18.1 Å². The highest BCUT2D eigenvalue weighted by Crippen LogP contribution is 2.22. The molecule has 1 saturated heterocycles. The number of benzene rings is 1. The van der Waals surface area contributed by atoms with Crippen molar-refractivity contribution in [2.75, 3.05) is 32.7 Å². The number of nitrogens with zero attached hydrogens (tertiary/aromatic N) is 2. The van der Waals surface area contributed by atoms with E-state index in [4.69, 9.17) is 4.74 Å². The zero-order valence-corrected chi connectivity index (χ0v) is 13.8. The van der Waals surface area contributed by atoms with Gasteiger partial charge in [-0.1, -0.05) is 18.2 Å². The number of hydrogen-bond donors (Lipinski definition) is 0. The van der Waals surface area contributed by atoms with Gasteiger partial charge in [0.2, 0.25) is 0 Å². The lowest BCUT2D eigenvalue weighted by molar-refractivity contribution is -0.139. The molecule has 0 saturated carbocycles. The number of rotatable bonds is 5. The lowest BCUT2D eigenvalue weighted by Gasteiger charge is -2.35. The second-order valence-corrected chi connectivity index (χ2v) is 5.87. The first-order chi connectivity index (χ1) is 10.5. The molecule has 0 spiro atoms. The Morgan fingerprint density at radius 1 is 1.32 bits per heavy atom. The third kappa shape index (κ3) is 3.89. The average Bonchev–Trinajstić information content (AvgIpc) is 2.52. The maximum Gasteiger partial charge on any atom is 0.263 e. The topological polar surface area (TPSA) is 32.8 Å². The van der Waals surface area contributed by atoms with Crippen molar-refractivity contribution in [3.63, 3.8) is 0 Å². The van der Waals surface area contributed by atoms with Gasteiger partial charge in [0, 0.05) is 32.7 Å². The van der Waals surface area contributed by atoms with Gasteiger partial charge in [-0.2, -0.15) is 0 Å². The highest BCUT2D eigenvalue weighted by molar-refractivity contribution is 5.81. The first kappa shape index (κ1) is 16.6. The van der Waals surface area contributed by atoms with Crippen LogP contribution in [0.5, 0.6) is 5.75 Å². The standard InChI is InChI=1S/C18H26N2O2/c1-5-9-19-10-12-20(13-11-19)18(21)16(4)22-17-8-6-7-14(2)15(17)3/h5-8,16H,1,9-13H2,2-4H3/t16-/m0/s1. The molecule has 2 rings (SSSR count). The molecule has 1 aromatic carbocycles. The van der Waals surface area contributed by atoms with Crippen molar-refractivity contribution < 1.29 is 9.53 Å². The van der Waals surface area contributed by atoms with Crippen molar-refractivity contribution in [2.45, 2.75) is 26.9 Å². The molecular formula is C18H26N2O2. The molecule has 1 fully saturated rings. The summed E-state index contributed by atoms with van der Waals surface area (Å²) in [4.78, 5) is 16.7. The number of hydrogen-bond acceptors (Lipinski definition) is 3. The predicted molar refractivity (Wildman–Crippen MR) is 89.2 cm³/mol. The number of carbonyl (C=O) groups is 1. The van der Waals surface area contributed by atoms with Crippen molar-refractivity contribution in [3.8, 4) is 5.75 Å². The molecule has 4 nitrogen and oxygen atoms in total. The van der Waals surface area contributed by atoms with E-state index in [-0.39, 0.29) is 5.91 Å². The highest BCUT2D eigenvalue weighted by atomic mass is 16.5. The average molecular weight is 302 g/mol. The normalized spacial score (nSPS) is 17.1. The summed E-state index contributed by atoms with van der Waals surface area (Å²) in [7, 11) is 0. The number of carbonyl (C=O) groups excluding carboxylic acids is 1. The Balaban J connectivity index is 1.92. The minimum absolute atomic E-state index is 0.0687. The van der Waals surface area contributed by atoms with Crippen molar-refractivity contribution in [3.05, 3.63) is 42.0 Å². The van der Waals surface area contributed by atoms with Gasteiger partial charge in [-0.05, 0) is 38.0 Å². The zero-order valence-electron chi connectivity index (χ0n) is 13.8. The fraction of sp³-hybridized carbons (Fsp3) is 0.500. The van der Waals surface area contributed by atoms with Gasteiger partial charge in [0.25, 0.3) is 5.91 Å². The van der Waals surface area contributed by atoms with E-state index in [2.05, 4.69) is 11.5 Å². The van der Waals surface area contributed by atoms with Crippen LogP contribution < -0.4 is 4.74 Å². The molecule has 0 bridgehead atoms. The quantitative estimate of drug-likeness (QED) is 0.783. The largest absolute Gasteiger partial charge is 0.481 e. The second-order valence-electron chi connectivity index (χ2n) is 5.87. The molecule has 120 valence electrons. The Morgan fingerprint density at radius 2 is 2.00 bits per heavy atom. The molecule has 0 aromatic heterocycles. The molecule has 0 radical (unpaired) electrons. The van der Waals surface area contributed by atoms with Crippen molar-refractivity contribution in [1.29, 1.82) is 0 Å². The molecule has 0 aliphatic carbocycles. The third-order valence-electron chi connectivity index (χ3n) is 4.28. The molecule has 22 heavy (non-hydrogen) atoms. The fourth-order valence-electron chi connectivity index (χ4n) is 2.68. The second kappa shape index (κ2) is 7.45. The molecule has 0 unspecified atom stereocenters. The molecule has 4 heteroatoms. The summed E-state index contributed by atoms with van der Waals surface area (Å²) in [5, 5.41) is 0. The molecule has 0 N–H and O–H groups in total. The Labute approximate surface area is 133 Å². The van der Waals surface area contributed by atoms with Crippen LogP contribution in [0, 0.1) is 13.8 Å². The number of aryl methyl sites for hydroxylation is 1. The van der Waals surface area contributed by atoms with Crippen LogP contribution in [-0.4, -0.2) is 54.5 Å². The van der Waals surface area contributed by atoms with Crippen molar-refractivity contribution >= 4 is 5.91 Å². The van der Waals surface area contributed by atoms with Crippen LogP contribution in [0.3, 0.4) is 0 Å². The number of ether oxygens (including phenoxy) is 1. The number of amides is 1. The third-order valence-corrected chi connectivity index (χ3v) is 4.28. The van der Waals surface area contributed by atoms with Gasteiger partial charge < -0.3 is 9.64 Å². The number of piperazine rings is 1. The molecule has 1 heterocycles. The molecule has 1 atom stereocenters. The molecular weight excluding hydrogens is 276 g/mol. The monoisotopic (exact) mass is 302 g/mol. The van der Waals surface area contributed by atoms with Crippen LogP contribution in [0.25, 0.3) is 0 Å². The van der Waals surface area contributed by atoms with Gasteiger partial charge in [-0.15, -0.1) is 6.58 Å². The maximum absolute atomic E-state index is 12.5. The van der Waals surface area contributed by atoms with Crippen LogP contribution >= 0.6 is 0 Å². The van der Waals surface area contributed by atoms with Gasteiger partial charge in [0.1, 0.15) is 5.75 Å². The molecule has 1 amide bonds. The van der Waals surface area contributed by atoms with E-state index < -0.39 is 6.10 Å². The zero-order chi connectivity index (χ0) is 16.1. The summed E-state index contributed by atoms with van der Waals surface area (Å²) >= 11 is 0. The van der Waals surface area contributed by atoms with Gasteiger partial charge in [0.15, 0.2) is 6.10 Å². The van der Waals surface area contributed by atoms with E-state index in [0.29, 0.717) is 0 Å². The molecule has 1 aliphatic rings. The van der Waals surface area contributed by atoms with Crippen LogP contribution in [-0.2, 0) is 4.79 Å². The van der Waals surface area contributed by atoms with Gasteiger partial charge in [0.05, 0.1) is 0 Å².